The van der Waals surface area contributed by atoms with Crippen LogP contribution in [0.2, 0.25) is 0 Å². The lowest BCUT2D eigenvalue weighted by molar-refractivity contribution is 0.204. The van der Waals surface area contributed by atoms with E-state index < -0.39 is 21.5 Å². The highest BCUT2D eigenvalue weighted by atomic mass is 32.2. The van der Waals surface area contributed by atoms with Gasteiger partial charge in [-0.3, -0.25) is 8.74 Å². The molecule has 0 radical (unpaired) electrons. The SMILES string of the molecule is CC(CNC1CCCCC1)OS(=O)[O-].O=S(=O)(O)CCCNC1CCCCC1. The van der Waals surface area contributed by atoms with E-state index in [0.29, 0.717) is 31.6 Å². The van der Waals surface area contributed by atoms with Gasteiger partial charge < -0.3 is 15.2 Å². The van der Waals surface area contributed by atoms with Crippen LogP contribution >= 0.6 is 0 Å². The zero-order valence-corrected chi connectivity index (χ0v) is 18.6. The highest BCUT2D eigenvalue weighted by Crippen LogP contribution is 2.18. The van der Waals surface area contributed by atoms with Crippen LogP contribution in [0, 0.1) is 0 Å². The molecule has 2 unspecified atom stereocenters. The van der Waals surface area contributed by atoms with E-state index >= 15 is 0 Å². The molecule has 3 N–H and O–H groups in total. The highest BCUT2D eigenvalue weighted by molar-refractivity contribution is 7.85. The molecule has 0 amide bonds. The third kappa shape index (κ3) is 14.8. The number of hydrogen-bond acceptors (Lipinski definition) is 7. The maximum Gasteiger partial charge on any atom is 0.264 e. The van der Waals surface area contributed by atoms with Gasteiger partial charge in [-0.2, -0.15) is 8.42 Å². The Morgan fingerprint density at radius 1 is 1.04 bits per heavy atom. The smallest absolute Gasteiger partial charge is 0.264 e. The van der Waals surface area contributed by atoms with Crippen LogP contribution < -0.4 is 10.6 Å². The summed E-state index contributed by atoms with van der Waals surface area (Å²) in [6.07, 6.45) is 12.8. The minimum atomic E-state index is -3.77. The molecule has 2 saturated carbocycles. The van der Waals surface area contributed by atoms with E-state index in [4.69, 9.17) is 4.55 Å². The van der Waals surface area contributed by atoms with E-state index in [2.05, 4.69) is 14.8 Å². The first kappa shape index (κ1) is 25.9. The molecule has 0 aliphatic heterocycles. The van der Waals surface area contributed by atoms with Gasteiger partial charge in [0.05, 0.1) is 23.2 Å². The molecule has 0 aromatic carbocycles. The predicted octanol–water partition coefficient (Wildman–Crippen LogP) is 2.29. The molecule has 2 rings (SSSR count). The molecule has 0 spiro atoms. The molecule has 0 aromatic rings. The summed E-state index contributed by atoms with van der Waals surface area (Å²) in [5.74, 6) is -0.132. The fourth-order valence-electron chi connectivity index (χ4n) is 3.67. The fourth-order valence-corrected chi connectivity index (χ4v) is 4.52. The van der Waals surface area contributed by atoms with Crippen LogP contribution in [0.5, 0.6) is 0 Å². The van der Waals surface area contributed by atoms with Crippen molar-refractivity contribution in [2.45, 2.75) is 95.7 Å². The second-order valence-electron chi connectivity index (χ2n) is 7.78. The summed E-state index contributed by atoms with van der Waals surface area (Å²) < 4.78 is 54.3. The van der Waals surface area contributed by atoms with E-state index in [9.17, 15) is 17.2 Å². The van der Waals surface area contributed by atoms with Crippen molar-refractivity contribution >= 4 is 21.5 Å². The van der Waals surface area contributed by atoms with Crippen molar-refractivity contribution in [3.8, 4) is 0 Å². The van der Waals surface area contributed by atoms with Crippen LogP contribution in [-0.4, -0.2) is 58.8 Å². The van der Waals surface area contributed by atoms with E-state index in [-0.39, 0.29) is 11.9 Å². The van der Waals surface area contributed by atoms with E-state index in [0.717, 1.165) is 0 Å². The van der Waals surface area contributed by atoms with Gasteiger partial charge in [0, 0.05) is 18.6 Å². The number of rotatable bonds is 10. The molecule has 0 heterocycles. The van der Waals surface area contributed by atoms with Crippen LogP contribution in [0.4, 0.5) is 0 Å². The fraction of sp³-hybridized carbons (Fsp3) is 1.00. The average Bonchev–Trinajstić information content (AvgIpc) is 2.65. The summed E-state index contributed by atoms with van der Waals surface area (Å²) in [6.45, 7) is 3.05. The second kappa shape index (κ2) is 14.8. The van der Waals surface area contributed by atoms with Crippen LogP contribution in [0.25, 0.3) is 0 Å². The Morgan fingerprint density at radius 2 is 1.54 bits per heavy atom. The van der Waals surface area contributed by atoms with E-state index in [1.54, 1.807) is 6.92 Å². The third-order valence-electron chi connectivity index (χ3n) is 5.16. The van der Waals surface area contributed by atoms with Crippen molar-refractivity contribution in [2.75, 3.05) is 18.8 Å². The van der Waals surface area contributed by atoms with E-state index in [1.165, 1.54) is 64.2 Å². The highest BCUT2D eigenvalue weighted by Gasteiger charge is 2.14. The normalized spacial score (nSPS) is 21.5. The summed E-state index contributed by atoms with van der Waals surface area (Å²) in [4.78, 5) is 0. The molecule has 0 bridgehead atoms. The van der Waals surface area contributed by atoms with Crippen LogP contribution in [0.1, 0.15) is 77.6 Å². The first-order valence-corrected chi connectivity index (χ1v) is 13.1. The molecule has 2 aliphatic carbocycles. The Bertz CT molecular complexity index is 520. The average molecular weight is 442 g/mol. The number of nitrogens with one attached hydrogen (secondary N) is 2. The number of hydrogen-bond donors (Lipinski definition) is 3. The van der Waals surface area contributed by atoms with Gasteiger partial charge in [-0.1, -0.05) is 38.5 Å². The van der Waals surface area contributed by atoms with Gasteiger partial charge >= 0.3 is 0 Å². The lowest BCUT2D eigenvalue weighted by atomic mass is 9.95. The Labute approximate surface area is 172 Å². The summed E-state index contributed by atoms with van der Waals surface area (Å²) in [5.41, 5.74) is 0. The largest absolute Gasteiger partial charge is 0.750 e. The Kier molecular flexibility index (Phi) is 13.7. The zero-order chi connectivity index (χ0) is 20.8. The molecule has 28 heavy (non-hydrogen) atoms. The molecule has 0 aromatic heterocycles. The summed E-state index contributed by atoms with van der Waals surface area (Å²) >= 11 is -2.39. The lowest BCUT2D eigenvalue weighted by Gasteiger charge is -2.24. The molecular weight excluding hydrogens is 404 g/mol. The van der Waals surface area contributed by atoms with Gasteiger partial charge in [0.2, 0.25) is 0 Å². The van der Waals surface area contributed by atoms with E-state index in [1.807, 2.05) is 0 Å². The predicted molar refractivity (Wildman–Crippen MR) is 110 cm³/mol. The standard InChI is InChI=1S/2C9H19NO3S/c1-8(13-14(11)12)7-10-9-5-3-2-4-6-9;11-14(12,13)8-4-7-10-9-5-2-1-3-6-9/h8-10H,2-7H2,1H3,(H,11,12);9-10H,1-8H2,(H,11,12,13)/p-1. The van der Waals surface area contributed by atoms with Gasteiger partial charge in [0.25, 0.3) is 10.1 Å². The monoisotopic (exact) mass is 441 g/mol. The van der Waals surface area contributed by atoms with Crippen molar-refractivity contribution in [1.29, 1.82) is 0 Å². The van der Waals surface area contributed by atoms with Crippen LogP contribution in [0.15, 0.2) is 0 Å². The van der Waals surface area contributed by atoms with Gasteiger partial charge in [-0.25, -0.2) is 4.21 Å². The van der Waals surface area contributed by atoms with Crippen LogP contribution in [0.3, 0.4) is 0 Å². The summed E-state index contributed by atoms with van der Waals surface area (Å²) in [5, 5.41) is 6.65. The van der Waals surface area contributed by atoms with Gasteiger partial charge in [0.15, 0.2) is 0 Å². The molecule has 0 saturated heterocycles. The molecule has 168 valence electrons. The summed E-state index contributed by atoms with van der Waals surface area (Å²) in [6, 6.07) is 1.11. The van der Waals surface area contributed by atoms with Crippen molar-refractivity contribution < 1.29 is 25.9 Å². The minimum absolute atomic E-state index is 0.132. The Morgan fingerprint density at radius 3 is 2.00 bits per heavy atom. The maximum atomic E-state index is 10.4. The zero-order valence-electron chi connectivity index (χ0n) is 16.9. The first-order chi connectivity index (χ1) is 13.3. The summed E-state index contributed by atoms with van der Waals surface area (Å²) in [7, 11) is -3.77. The topological polar surface area (TPSA) is 128 Å². The Hall–Kier alpha value is -0.100. The molecule has 10 heteroatoms. The van der Waals surface area contributed by atoms with Crippen LogP contribution in [-0.2, 0) is 25.7 Å². The quantitative estimate of drug-likeness (QED) is 0.268. The molecule has 2 aliphatic rings. The van der Waals surface area contributed by atoms with Gasteiger partial charge in [0.1, 0.15) is 0 Å². The van der Waals surface area contributed by atoms with Crippen molar-refractivity contribution in [2.24, 2.45) is 0 Å². The minimum Gasteiger partial charge on any atom is -0.750 e. The first-order valence-electron chi connectivity index (χ1n) is 10.4. The van der Waals surface area contributed by atoms with Crippen molar-refractivity contribution in [3.63, 3.8) is 0 Å². The maximum absolute atomic E-state index is 10.4. The molecule has 8 nitrogen and oxygen atoms in total. The van der Waals surface area contributed by atoms with Gasteiger partial charge in [-0.15, -0.1) is 0 Å². The van der Waals surface area contributed by atoms with Gasteiger partial charge in [-0.05, 0) is 45.6 Å². The molecule has 2 atom stereocenters. The molecular formula is C18H37N2O6S2-. The van der Waals surface area contributed by atoms with Crippen molar-refractivity contribution in [3.05, 3.63) is 0 Å². The second-order valence-corrected chi connectivity index (χ2v) is 9.96. The third-order valence-corrected chi connectivity index (χ3v) is 6.45. The molecule has 2 fully saturated rings. The van der Waals surface area contributed by atoms with Crippen molar-refractivity contribution in [1.82, 2.24) is 10.6 Å². The lowest BCUT2D eigenvalue weighted by Crippen LogP contribution is -2.36. The Balaban J connectivity index is 0.000000280.